The van der Waals surface area contributed by atoms with Gasteiger partial charge in [0.05, 0.1) is 19.6 Å². The highest BCUT2D eigenvalue weighted by atomic mass is 79.9. The van der Waals surface area contributed by atoms with E-state index in [2.05, 4.69) is 68.7 Å². The van der Waals surface area contributed by atoms with Gasteiger partial charge in [0.25, 0.3) is 0 Å². The number of hydrogen-bond donors (Lipinski definition) is 0. The molecule has 128 valence electrons. The summed E-state index contributed by atoms with van der Waals surface area (Å²) in [7, 11) is 1.75. The van der Waals surface area contributed by atoms with Gasteiger partial charge in [-0.05, 0) is 55.0 Å². The number of halogens is 1. The molecule has 1 unspecified atom stereocenters. The van der Waals surface area contributed by atoms with Crippen LogP contribution in [-0.2, 0) is 0 Å². The molecule has 0 saturated carbocycles. The maximum absolute atomic E-state index is 6.11. The van der Waals surface area contributed by atoms with Crippen LogP contribution >= 0.6 is 15.9 Å². The number of benzene rings is 2. The largest absolute Gasteiger partial charge is 0.496 e. The lowest BCUT2D eigenvalue weighted by Gasteiger charge is -2.19. The molecule has 3 rings (SSSR count). The minimum Gasteiger partial charge on any atom is -0.496 e. The molecule has 0 saturated heterocycles. The van der Waals surface area contributed by atoms with Crippen LogP contribution in [0, 0.1) is 20.8 Å². The highest BCUT2D eigenvalue weighted by Crippen LogP contribution is 2.48. The number of methoxy groups -OCH3 is 1. The van der Waals surface area contributed by atoms with Crippen molar-refractivity contribution < 1.29 is 9.47 Å². The first-order valence-electron chi connectivity index (χ1n) is 8.46. The second kappa shape index (κ2) is 6.44. The van der Waals surface area contributed by atoms with E-state index in [-0.39, 0.29) is 5.92 Å². The number of fused-ring (bicyclic) bond motifs is 1. The van der Waals surface area contributed by atoms with Gasteiger partial charge in [0.15, 0.2) is 0 Å². The first kappa shape index (κ1) is 17.3. The fourth-order valence-electron chi connectivity index (χ4n) is 3.58. The van der Waals surface area contributed by atoms with Crippen LogP contribution in [0.5, 0.6) is 11.5 Å². The van der Waals surface area contributed by atoms with Crippen molar-refractivity contribution in [3.05, 3.63) is 56.1 Å². The van der Waals surface area contributed by atoms with Crippen LogP contribution in [0.15, 0.2) is 22.7 Å². The molecule has 2 aromatic carbocycles. The lowest BCUT2D eigenvalue weighted by molar-refractivity contribution is 0.336. The van der Waals surface area contributed by atoms with Crippen molar-refractivity contribution >= 4 is 15.9 Å². The average Bonchev–Trinajstić information content (AvgIpc) is 3.02. The number of ether oxygens (including phenoxy) is 2. The molecular weight excluding hydrogens is 364 g/mol. The smallest absolute Gasteiger partial charge is 0.126 e. The van der Waals surface area contributed by atoms with Crippen molar-refractivity contribution in [3.8, 4) is 11.5 Å². The zero-order valence-corrected chi connectivity index (χ0v) is 16.9. The van der Waals surface area contributed by atoms with E-state index in [9.17, 15) is 0 Å². The first-order chi connectivity index (χ1) is 11.4. The molecule has 24 heavy (non-hydrogen) atoms. The monoisotopic (exact) mass is 388 g/mol. The van der Waals surface area contributed by atoms with Gasteiger partial charge in [0.2, 0.25) is 0 Å². The minimum atomic E-state index is 0.215. The topological polar surface area (TPSA) is 18.5 Å². The molecule has 0 N–H and O–H groups in total. The van der Waals surface area contributed by atoms with E-state index < -0.39 is 0 Å². The summed E-state index contributed by atoms with van der Waals surface area (Å²) >= 11 is 3.76. The second-order valence-electron chi connectivity index (χ2n) is 6.95. The molecular formula is C21H25BrO2. The molecule has 1 heterocycles. The van der Waals surface area contributed by atoms with Crippen molar-refractivity contribution in [2.45, 2.75) is 46.5 Å². The van der Waals surface area contributed by atoms with Crippen LogP contribution in [0.3, 0.4) is 0 Å². The predicted octanol–water partition coefficient (Wildman–Crippen LogP) is 6.03. The van der Waals surface area contributed by atoms with Crippen molar-refractivity contribution in [2.75, 3.05) is 13.7 Å². The maximum atomic E-state index is 6.11. The van der Waals surface area contributed by atoms with Gasteiger partial charge in [-0.15, -0.1) is 0 Å². The Hall–Kier alpha value is -1.48. The molecule has 0 fully saturated rings. The number of hydrogen-bond acceptors (Lipinski definition) is 2. The Balaban J connectivity index is 2.16. The zero-order valence-electron chi connectivity index (χ0n) is 15.3. The number of rotatable bonds is 3. The van der Waals surface area contributed by atoms with Crippen LogP contribution in [0.2, 0.25) is 0 Å². The van der Waals surface area contributed by atoms with Crippen LogP contribution in [0.1, 0.15) is 59.1 Å². The Labute approximate surface area is 153 Å². The summed E-state index contributed by atoms with van der Waals surface area (Å²) in [6.45, 7) is 11.5. The summed E-state index contributed by atoms with van der Waals surface area (Å²) in [5.74, 6) is 2.71. The normalized spacial score (nSPS) is 16.2. The standard InChI is InChI=1S/C21H25BrO2/c1-11(2)15-7-8-16(18(9-15)23-6)17-10-24-21-13(4)12(3)20(22)14(5)19(17)21/h7-9,11,17H,10H2,1-6H3. The third-order valence-corrected chi connectivity index (χ3v) is 6.44. The molecule has 0 spiro atoms. The summed E-state index contributed by atoms with van der Waals surface area (Å²) < 4.78 is 13.0. The first-order valence-corrected chi connectivity index (χ1v) is 9.25. The summed E-state index contributed by atoms with van der Waals surface area (Å²) in [4.78, 5) is 0. The predicted molar refractivity (Wildman–Crippen MR) is 103 cm³/mol. The molecule has 2 nitrogen and oxygen atoms in total. The summed E-state index contributed by atoms with van der Waals surface area (Å²) in [6, 6.07) is 6.59. The third-order valence-electron chi connectivity index (χ3n) is 5.25. The molecule has 0 aromatic heterocycles. The van der Waals surface area contributed by atoms with Crippen molar-refractivity contribution in [3.63, 3.8) is 0 Å². The van der Waals surface area contributed by atoms with Gasteiger partial charge in [0.1, 0.15) is 11.5 Å². The van der Waals surface area contributed by atoms with Crippen molar-refractivity contribution in [1.29, 1.82) is 0 Å². The Bertz CT molecular complexity index is 793. The quantitative estimate of drug-likeness (QED) is 0.638. The van der Waals surface area contributed by atoms with Crippen LogP contribution < -0.4 is 9.47 Å². The molecule has 1 aliphatic heterocycles. The fraction of sp³-hybridized carbons (Fsp3) is 0.429. The molecule has 0 radical (unpaired) electrons. The highest BCUT2D eigenvalue weighted by Gasteiger charge is 2.33. The van der Waals surface area contributed by atoms with Gasteiger partial charge in [0, 0.05) is 15.6 Å². The summed E-state index contributed by atoms with van der Waals surface area (Å²) in [6.07, 6.45) is 0. The summed E-state index contributed by atoms with van der Waals surface area (Å²) in [5, 5.41) is 0. The van der Waals surface area contributed by atoms with Gasteiger partial charge in [-0.3, -0.25) is 0 Å². The van der Waals surface area contributed by atoms with E-state index in [0.29, 0.717) is 12.5 Å². The average molecular weight is 389 g/mol. The Morgan fingerprint density at radius 1 is 1.12 bits per heavy atom. The zero-order chi connectivity index (χ0) is 17.6. The van der Waals surface area contributed by atoms with Gasteiger partial charge >= 0.3 is 0 Å². The van der Waals surface area contributed by atoms with Gasteiger partial charge in [-0.1, -0.05) is 41.9 Å². The molecule has 0 amide bonds. The highest BCUT2D eigenvalue weighted by molar-refractivity contribution is 9.10. The van der Waals surface area contributed by atoms with E-state index in [1.165, 1.54) is 37.9 Å². The van der Waals surface area contributed by atoms with Crippen LogP contribution in [0.4, 0.5) is 0 Å². The summed E-state index contributed by atoms with van der Waals surface area (Å²) in [5.41, 5.74) is 7.55. The molecule has 3 heteroatoms. The van der Waals surface area contributed by atoms with Crippen molar-refractivity contribution in [1.82, 2.24) is 0 Å². The van der Waals surface area contributed by atoms with Crippen LogP contribution in [-0.4, -0.2) is 13.7 Å². The fourth-order valence-corrected chi connectivity index (χ4v) is 4.09. The molecule has 0 aliphatic carbocycles. The lowest BCUT2D eigenvalue weighted by atomic mass is 9.86. The van der Waals surface area contributed by atoms with Crippen LogP contribution in [0.25, 0.3) is 0 Å². The van der Waals surface area contributed by atoms with Crippen molar-refractivity contribution in [2.24, 2.45) is 0 Å². The van der Waals surface area contributed by atoms with E-state index in [1.54, 1.807) is 7.11 Å². The Kier molecular flexibility index (Phi) is 4.65. The van der Waals surface area contributed by atoms with E-state index in [1.807, 2.05) is 0 Å². The lowest BCUT2D eigenvalue weighted by Crippen LogP contribution is -2.07. The second-order valence-corrected chi connectivity index (χ2v) is 7.74. The SMILES string of the molecule is COc1cc(C(C)C)ccc1C1COc2c(C)c(C)c(Br)c(C)c21. The Morgan fingerprint density at radius 2 is 1.83 bits per heavy atom. The van der Waals surface area contributed by atoms with E-state index in [4.69, 9.17) is 9.47 Å². The molecule has 1 atom stereocenters. The molecule has 1 aliphatic rings. The molecule has 0 bridgehead atoms. The third kappa shape index (κ3) is 2.63. The molecule has 2 aromatic rings. The Morgan fingerprint density at radius 3 is 2.46 bits per heavy atom. The van der Waals surface area contributed by atoms with E-state index in [0.717, 1.165) is 11.5 Å². The van der Waals surface area contributed by atoms with Gasteiger partial charge in [-0.25, -0.2) is 0 Å². The van der Waals surface area contributed by atoms with E-state index >= 15 is 0 Å². The van der Waals surface area contributed by atoms with Gasteiger partial charge < -0.3 is 9.47 Å². The maximum Gasteiger partial charge on any atom is 0.126 e. The minimum absolute atomic E-state index is 0.215. The van der Waals surface area contributed by atoms with Gasteiger partial charge in [-0.2, -0.15) is 0 Å².